The van der Waals surface area contributed by atoms with Gasteiger partial charge < -0.3 is 4.74 Å². The summed E-state index contributed by atoms with van der Waals surface area (Å²) >= 11 is 1.39. The highest BCUT2D eigenvalue weighted by atomic mass is 32.2. The third-order valence-corrected chi connectivity index (χ3v) is 3.63. The van der Waals surface area contributed by atoms with Gasteiger partial charge >= 0.3 is 5.97 Å². The molecule has 0 amide bonds. The number of fused-ring (bicyclic) bond motifs is 1. The average molecular weight is 284 g/mol. The van der Waals surface area contributed by atoms with Gasteiger partial charge in [-0.15, -0.1) is 0 Å². The Bertz CT molecular complexity index is 698. The van der Waals surface area contributed by atoms with E-state index < -0.39 is 0 Å². The van der Waals surface area contributed by atoms with E-state index in [0.717, 1.165) is 16.0 Å². The lowest BCUT2D eigenvalue weighted by Gasteiger charge is -2.11. The molecule has 0 bridgehead atoms. The maximum atomic E-state index is 12.1. The van der Waals surface area contributed by atoms with Gasteiger partial charge in [0.25, 0.3) is 0 Å². The van der Waals surface area contributed by atoms with Crippen LogP contribution in [0.5, 0.6) is 5.75 Å². The van der Waals surface area contributed by atoms with Crippen LogP contribution in [0.1, 0.15) is 21.5 Å². The van der Waals surface area contributed by atoms with Gasteiger partial charge in [-0.05, 0) is 37.3 Å². The third-order valence-electron chi connectivity index (χ3n) is 2.86. The fourth-order valence-corrected chi connectivity index (χ4v) is 2.50. The third kappa shape index (κ3) is 2.67. The molecular formula is C15H12N2O2S. The van der Waals surface area contributed by atoms with Gasteiger partial charge in [0, 0.05) is 22.4 Å². The maximum absolute atomic E-state index is 12.1. The molecule has 0 atom stereocenters. The predicted molar refractivity (Wildman–Crippen MR) is 79.2 cm³/mol. The number of rotatable bonds is 2. The molecule has 0 fully saturated rings. The zero-order valence-electron chi connectivity index (χ0n) is 10.8. The van der Waals surface area contributed by atoms with Gasteiger partial charge in [0.05, 0.1) is 11.8 Å². The Hall–Kier alpha value is -2.27. The van der Waals surface area contributed by atoms with Crippen molar-refractivity contribution in [2.24, 2.45) is 5.10 Å². The summed E-state index contributed by atoms with van der Waals surface area (Å²) in [5.74, 6) is 0.177. The molecule has 2 aromatic rings. The summed E-state index contributed by atoms with van der Waals surface area (Å²) in [5.41, 5.74) is 2.58. The normalized spacial score (nSPS) is 12.4. The van der Waals surface area contributed by atoms with E-state index >= 15 is 0 Å². The van der Waals surface area contributed by atoms with E-state index in [9.17, 15) is 4.79 Å². The van der Waals surface area contributed by atoms with Gasteiger partial charge in [-0.25, -0.2) is 9.63 Å². The number of nitrogens with one attached hydrogen (secondary N) is 1. The molecular weight excluding hydrogens is 272 g/mol. The molecule has 0 saturated carbocycles. The molecule has 0 aromatic heterocycles. The van der Waals surface area contributed by atoms with Crippen LogP contribution in [-0.2, 0) is 0 Å². The van der Waals surface area contributed by atoms with Gasteiger partial charge in [0.1, 0.15) is 5.75 Å². The van der Waals surface area contributed by atoms with E-state index in [0.29, 0.717) is 11.3 Å². The second kappa shape index (κ2) is 5.38. The van der Waals surface area contributed by atoms with Gasteiger partial charge in [-0.3, -0.25) is 0 Å². The molecule has 100 valence electrons. The highest BCUT2D eigenvalue weighted by Gasteiger charge is 2.12. The van der Waals surface area contributed by atoms with Crippen LogP contribution in [0.4, 0.5) is 0 Å². The van der Waals surface area contributed by atoms with E-state index in [1.54, 1.807) is 18.3 Å². The van der Waals surface area contributed by atoms with Crippen molar-refractivity contribution < 1.29 is 9.53 Å². The molecule has 0 spiro atoms. The highest BCUT2D eigenvalue weighted by Crippen LogP contribution is 2.27. The lowest BCUT2D eigenvalue weighted by Crippen LogP contribution is -2.09. The fraction of sp³-hybridized carbons (Fsp3) is 0.0667. The Kier molecular flexibility index (Phi) is 3.43. The molecule has 4 nitrogen and oxygen atoms in total. The molecule has 5 heteroatoms. The minimum atomic E-state index is -0.351. The summed E-state index contributed by atoms with van der Waals surface area (Å²) in [6.07, 6.45) is 1.73. The minimum Gasteiger partial charge on any atom is -0.423 e. The number of nitrogens with zero attached hydrogens (tertiary/aromatic N) is 1. The van der Waals surface area contributed by atoms with Crippen LogP contribution in [0, 0.1) is 6.92 Å². The largest absolute Gasteiger partial charge is 0.423 e. The van der Waals surface area contributed by atoms with Crippen molar-refractivity contribution >= 4 is 24.1 Å². The Morgan fingerprint density at radius 2 is 2.15 bits per heavy atom. The van der Waals surface area contributed by atoms with Crippen LogP contribution in [0.2, 0.25) is 0 Å². The summed E-state index contributed by atoms with van der Waals surface area (Å²) in [6.45, 7) is 1.94. The lowest BCUT2D eigenvalue weighted by molar-refractivity contribution is 0.0734. The van der Waals surface area contributed by atoms with Crippen LogP contribution >= 0.6 is 11.9 Å². The molecule has 1 N–H and O–H groups in total. The average Bonchev–Trinajstić information content (AvgIpc) is 2.47. The monoisotopic (exact) mass is 284 g/mol. The molecule has 2 aromatic carbocycles. The number of hydrogen-bond donors (Lipinski definition) is 1. The first kappa shape index (κ1) is 12.7. The standard InChI is InChI=1S/C15H12N2O2S/c1-10-3-2-4-11(7-10)15(18)19-13-6-5-12-9-16-17-20-14(12)8-13/h2-9,17H,1H3. The summed E-state index contributed by atoms with van der Waals surface area (Å²) in [7, 11) is 0. The lowest BCUT2D eigenvalue weighted by atomic mass is 10.1. The first-order valence-corrected chi connectivity index (χ1v) is 6.92. The fourth-order valence-electron chi connectivity index (χ4n) is 1.88. The van der Waals surface area contributed by atoms with Crippen molar-refractivity contribution in [3.05, 3.63) is 59.2 Å². The summed E-state index contributed by atoms with van der Waals surface area (Å²) in [6, 6.07) is 12.8. The predicted octanol–water partition coefficient (Wildman–Crippen LogP) is 3.16. The van der Waals surface area contributed by atoms with E-state index in [1.807, 2.05) is 37.3 Å². The van der Waals surface area contributed by atoms with Crippen molar-refractivity contribution in [2.75, 3.05) is 0 Å². The molecule has 1 aliphatic rings. The van der Waals surface area contributed by atoms with Crippen molar-refractivity contribution in [3.63, 3.8) is 0 Å². The van der Waals surface area contributed by atoms with Gasteiger partial charge in [-0.2, -0.15) is 5.10 Å². The van der Waals surface area contributed by atoms with E-state index in [-0.39, 0.29) is 5.97 Å². The quantitative estimate of drug-likeness (QED) is 0.523. The zero-order valence-corrected chi connectivity index (χ0v) is 11.6. The Morgan fingerprint density at radius 3 is 3.00 bits per heavy atom. The summed E-state index contributed by atoms with van der Waals surface area (Å²) < 4.78 is 5.40. The number of hydrogen-bond acceptors (Lipinski definition) is 5. The number of esters is 1. The topological polar surface area (TPSA) is 50.7 Å². The maximum Gasteiger partial charge on any atom is 0.343 e. The van der Waals surface area contributed by atoms with Crippen LogP contribution in [0.15, 0.2) is 52.5 Å². The van der Waals surface area contributed by atoms with Gasteiger partial charge in [0.15, 0.2) is 0 Å². The SMILES string of the molecule is Cc1cccc(C(=O)Oc2ccc3c(c2)SNN=C3)c1. The zero-order chi connectivity index (χ0) is 13.9. The Balaban J connectivity index is 1.81. The second-order valence-corrected chi connectivity index (χ2v) is 5.24. The highest BCUT2D eigenvalue weighted by molar-refractivity contribution is 7.97. The Labute approximate surface area is 121 Å². The number of aryl methyl sites for hydroxylation is 1. The van der Waals surface area contributed by atoms with E-state index in [1.165, 1.54) is 11.9 Å². The van der Waals surface area contributed by atoms with Crippen LogP contribution < -0.4 is 9.57 Å². The van der Waals surface area contributed by atoms with Crippen LogP contribution in [0.25, 0.3) is 0 Å². The molecule has 0 radical (unpaired) electrons. The van der Waals surface area contributed by atoms with Crippen molar-refractivity contribution in [1.29, 1.82) is 0 Å². The molecule has 3 rings (SSSR count). The number of ether oxygens (including phenoxy) is 1. The number of carbonyl (C=O) groups is 1. The van der Waals surface area contributed by atoms with Crippen LogP contribution in [-0.4, -0.2) is 12.2 Å². The molecule has 20 heavy (non-hydrogen) atoms. The smallest absolute Gasteiger partial charge is 0.343 e. The number of benzene rings is 2. The van der Waals surface area contributed by atoms with E-state index in [4.69, 9.17) is 4.74 Å². The Morgan fingerprint density at radius 1 is 1.25 bits per heavy atom. The second-order valence-electron chi connectivity index (χ2n) is 4.41. The molecule has 0 saturated heterocycles. The van der Waals surface area contributed by atoms with Crippen molar-refractivity contribution in [3.8, 4) is 5.75 Å². The van der Waals surface area contributed by atoms with Crippen molar-refractivity contribution in [1.82, 2.24) is 4.83 Å². The minimum absolute atomic E-state index is 0.351. The van der Waals surface area contributed by atoms with Crippen molar-refractivity contribution in [2.45, 2.75) is 11.8 Å². The number of hydrazone groups is 1. The molecule has 0 unspecified atom stereocenters. The summed E-state index contributed by atoms with van der Waals surface area (Å²) in [4.78, 5) is 15.9. The van der Waals surface area contributed by atoms with Gasteiger partial charge in [-0.1, -0.05) is 17.7 Å². The van der Waals surface area contributed by atoms with Crippen LogP contribution in [0.3, 0.4) is 0 Å². The molecule has 1 aliphatic heterocycles. The molecule has 0 aliphatic carbocycles. The molecule has 1 heterocycles. The van der Waals surface area contributed by atoms with E-state index in [2.05, 4.69) is 9.93 Å². The summed E-state index contributed by atoms with van der Waals surface area (Å²) in [5, 5.41) is 3.95. The first-order valence-electron chi connectivity index (χ1n) is 6.10. The first-order chi connectivity index (χ1) is 9.72. The van der Waals surface area contributed by atoms with Gasteiger partial charge in [0.2, 0.25) is 0 Å². The number of carbonyl (C=O) groups excluding carboxylic acids is 1.